The smallest absolute Gasteiger partial charge is 0.323 e. The molecule has 1 rings (SSSR count). The minimum absolute atomic E-state index is 0.205. The minimum atomic E-state index is -1.03. The number of carboxylic acids is 1. The first-order valence-electron chi connectivity index (χ1n) is 6.29. The van der Waals surface area contributed by atoms with E-state index in [2.05, 4.69) is 6.58 Å². The van der Waals surface area contributed by atoms with Crippen LogP contribution in [0.5, 0.6) is 0 Å². The minimum Gasteiger partial charge on any atom is -0.480 e. The van der Waals surface area contributed by atoms with Crippen molar-refractivity contribution in [3.63, 3.8) is 0 Å². The number of carbonyl (C=O) groups is 2. The van der Waals surface area contributed by atoms with Gasteiger partial charge in [0.1, 0.15) is 6.54 Å². The van der Waals surface area contributed by atoms with Gasteiger partial charge in [-0.25, -0.2) is 0 Å². The summed E-state index contributed by atoms with van der Waals surface area (Å²) < 4.78 is 0. The lowest BCUT2D eigenvalue weighted by Gasteiger charge is -2.18. The molecule has 1 amide bonds. The molecule has 0 heterocycles. The van der Waals surface area contributed by atoms with Crippen LogP contribution in [-0.4, -0.2) is 35.0 Å². The van der Waals surface area contributed by atoms with Gasteiger partial charge in [0.25, 0.3) is 0 Å². The van der Waals surface area contributed by atoms with Gasteiger partial charge in [0, 0.05) is 18.0 Å². The van der Waals surface area contributed by atoms with Gasteiger partial charge in [0.05, 0.1) is 0 Å². The molecule has 0 aliphatic heterocycles. The van der Waals surface area contributed by atoms with E-state index in [9.17, 15) is 9.59 Å². The van der Waals surface area contributed by atoms with E-state index in [-0.39, 0.29) is 25.4 Å². The van der Waals surface area contributed by atoms with E-state index in [0.29, 0.717) is 11.4 Å². The van der Waals surface area contributed by atoms with Gasteiger partial charge in [-0.1, -0.05) is 29.8 Å². The lowest BCUT2D eigenvalue weighted by atomic mass is 10.1. The molecule has 0 unspecified atom stereocenters. The Morgan fingerprint density at radius 2 is 2.15 bits per heavy atom. The molecule has 1 aromatic carbocycles. The highest BCUT2D eigenvalue weighted by atomic mass is 35.5. The molecule has 0 bridgehead atoms. The van der Waals surface area contributed by atoms with Crippen LogP contribution in [0.25, 0.3) is 0 Å². The number of halogens is 1. The van der Waals surface area contributed by atoms with Gasteiger partial charge in [-0.05, 0) is 30.5 Å². The van der Waals surface area contributed by atoms with Gasteiger partial charge in [-0.3, -0.25) is 9.59 Å². The van der Waals surface area contributed by atoms with E-state index in [0.717, 1.165) is 11.1 Å². The molecule has 0 saturated carbocycles. The second-order valence-electron chi connectivity index (χ2n) is 4.54. The van der Waals surface area contributed by atoms with Crippen LogP contribution in [0, 0.1) is 6.92 Å². The molecule has 108 valence electrons. The van der Waals surface area contributed by atoms with E-state index in [1.807, 2.05) is 25.1 Å². The average molecular weight is 296 g/mol. The number of carboxylic acid groups (broad SMARTS) is 1. The van der Waals surface area contributed by atoms with Crippen LogP contribution in [0.4, 0.5) is 0 Å². The topological polar surface area (TPSA) is 57.6 Å². The van der Waals surface area contributed by atoms with Crippen molar-refractivity contribution in [2.45, 2.75) is 19.8 Å². The summed E-state index contributed by atoms with van der Waals surface area (Å²) in [7, 11) is 0. The number of aliphatic carboxylic acids is 1. The van der Waals surface area contributed by atoms with Gasteiger partial charge in [-0.2, -0.15) is 0 Å². The summed E-state index contributed by atoms with van der Waals surface area (Å²) in [5.74, 6) is -1.23. The van der Waals surface area contributed by atoms with Crippen molar-refractivity contribution in [1.82, 2.24) is 4.90 Å². The summed E-state index contributed by atoms with van der Waals surface area (Å²) in [6.07, 6.45) is 2.30. The van der Waals surface area contributed by atoms with Gasteiger partial charge in [0.15, 0.2) is 0 Å². The van der Waals surface area contributed by atoms with Crippen molar-refractivity contribution in [2.75, 3.05) is 13.1 Å². The SMILES string of the molecule is C=CCN(CC(=O)O)C(=O)CCc1ccc(C)c(Cl)c1. The van der Waals surface area contributed by atoms with Crippen molar-refractivity contribution >= 4 is 23.5 Å². The number of nitrogens with zero attached hydrogens (tertiary/aromatic N) is 1. The lowest BCUT2D eigenvalue weighted by molar-refractivity contribution is -0.144. The highest BCUT2D eigenvalue weighted by molar-refractivity contribution is 6.31. The second kappa shape index (κ2) is 7.70. The van der Waals surface area contributed by atoms with Crippen molar-refractivity contribution in [2.24, 2.45) is 0 Å². The Hall–Kier alpha value is -1.81. The molecule has 0 radical (unpaired) electrons. The predicted octanol–water partition coefficient (Wildman–Crippen LogP) is 2.68. The van der Waals surface area contributed by atoms with Crippen LogP contribution >= 0.6 is 11.6 Å². The zero-order chi connectivity index (χ0) is 15.1. The fourth-order valence-electron chi connectivity index (χ4n) is 1.77. The third-order valence-corrected chi connectivity index (χ3v) is 3.30. The molecule has 0 saturated heterocycles. The standard InChI is InChI=1S/C15H18ClNO3/c1-3-8-17(10-15(19)20)14(18)7-6-12-5-4-11(2)13(16)9-12/h3-5,9H,1,6-8,10H2,2H3,(H,19,20). The summed E-state index contributed by atoms with van der Waals surface area (Å²) in [6, 6.07) is 5.66. The number of rotatable bonds is 7. The third-order valence-electron chi connectivity index (χ3n) is 2.89. The Kier molecular flexibility index (Phi) is 6.25. The van der Waals surface area contributed by atoms with E-state index >= 15 is 0 Å². The van der Waals surface area contributed by atoms with Crippen LogP contribution in [0.15, 0.2) is 30.9 Å². The Labute approximate surface area is 123 Å². The molecule has 0 fully saturated rings. The molecule has 4 nitrogen and oxygen atoms in total. The highest BCUT2D eigenvalue weighted by Gasteiger charge is 2.15. The zero-order valence-corrected chi connectivity index (χ0v) is 12.2. The second-order valence-corrected chi connectivity index (χ2v) is 4.95. The Morgan fingerprint density at radius 1 is 1.45 bits per heavy atom. The zero-order valence-electron chi connectivity index (χ0n) is 11.4. The van der Waals surface area contributed by atoms with Crippen LogP contribution < -0.4 is 0 Å². The quantitative estimate of drug-likeness (QED) is 0.787. The Bertz CT molecular complexity index is 514. The summed E-state index contributed by atoms with van der Waals surface area (Å²) in [5, 5.41) is 9.44. The van der Waals surface area contributed by atoms with Gasteiger partial charge in [0.2, 0.25) is 5.91 Å². The summed E-state index contributed by atoms with van der Waals surface area (Å²) in [5.41, 5.74) is 1.95. The molecule has 1 N–H and O–H groups in total. The van der Waals surface area contributed by atoms with Crippen molar-refractivity contribution in [3.05, 3.63) is 47.0 Å². The number of hydrogen-bond acceptors (Lipinski definition) is 2. The fourth-order valence-corrected chi connectivity index (χ4v) is 1.98. The van der Waals surface area contributed by atoms with E-state index in [1.54, 1.807) is 0 Å². The maximum Gasteiger partial charge on any atom is 0.323 e. The number of carbonyl (C=O) groups excluding carboxylic acids is 1. The predicted molar refractivity (Wildman–Crippen MR) is 78.9 cm³/mol. The molecule has 0 spiro atoms. The molecule has 20 heavy (non-hydrogen) atoms. The van der Waals surface area contributed by atoms with E-state index in [1.165, 1.54) is 11.0 Å². The molecule has 0 atom stereocenters. The van der Waals surface area contributed by atoms with Gasteiger partial charge in [-0.15, -0.1) is 6.58 Å². The van der Waals surface area contributed by atoms with Crippen LogP contribution in [-0.2, 0) is 16.0 Å². The number of hydrogen-bond donors (Lipinski definition) is 1. The first kappa shape index (κ1) is 16.2. The largest absolute Gasteiger partial charge is 0.480 e. The molecular formula is C15H18ClNO3. The average Bonchev–Trinajstić information content (AvgIpc) is 2.39. The van der Waals surface area contributed by atoms with Crippen molar-refractivity contribution in [1.29, 1.82) is 0 Å². The third kappa shape index (κ3) is 5.05. The molecule has 1 aromatic rings. The van der Waals surface area contributed by atoms with Crippen LogP contribution in [0.2, 0.25) is 5.02 Å². The number of benzene rings is 1. The number of amides is 1. The summed E-state index contributed by atoms with van der Waals surface area (Å²) in [6.45, 7) is 5.37. The first-order chi connectivity index (χ1) is 9.43. The molecular weight excluding hydrogens is 278 g/mol. The van der Waals surface area contributed by atoms with Crippen LogP contribution in [0.1, 0.15) is 17.5 Å². The summed E-state index contributed by atoms with van der Waals surface area (Å²) >= 11 is 6.02. The molecule has 0 aromatic heterocycles. The van der Waals surface area contributed by atoms with Gasteiger partial charge >= 0.3 is 5.97 Å². The normalized spacial score (nSPS) is 10.1. The molecule has 0 aliphatic carbocycles. The molecule has 5 heteroatoms. The first-order valence-corrected chi connectivity index (χ1v) is 6.67. The Morgan fingerprint density at radius 3 is 2.70 bits per heavy atom. The van der Waals surface area contributed by atoms with E-state index in [4.69, 9.17) is 16.7 Å². The number of aryl methyl sites for hydroxylation is 2. The molecule has 0 aliphatic rings. The van der Waals surface area contributed by atoms with Crippen LogP contribution in [0.3, 0.4) is 0 Å². The van der Waals surface area contributed by atoms with Crippen molar-refractivity contribution in [3.8, 4) is 0 Å². The summed E-state index contributed by atoms with van der Waals surface area (Å²) in [4.78, 5) is 23.9. The van der Waals surface area contributed by atoms with E-state index < -0.39 is 5.97 Å². The van der Waals surface area contributed by atoms with Crippen molar-refractivity contribution < 1.29 is 14.7 Å². The maximum absolute atomic E-state index is 12.0. The van der Waals surface area contributed by atoms with Gasteiger partial charge < -0.3 is 10.0 Å². The maximum atomic E-state index is 12.0. The fraction of sp³-hybridized carbons (Fsp3) is 0.333. The lowest BCUT2D eigenvalue weighted by Crippen LogP contribution is -2.35. The Balaban J connectivity index is 2.61. The monoisotopic (exact) mass is 295 g/mol. The highest BCUT2D eigenvalue weighted by Crippen LogP contribution is 2.17.